The van der Waals surface area contributed by atoms with E-state index in [1.54, 1.807) is 0 Å². The predicted molar refractivity (Wildman–Crippen MR) is 262 cm³/mol. The molecule has 0 fully saturated rings. The molecule has 0 atom stereocenters. The van der Waals surface area contributed by atoms with Crippen molar-refractivity contribution in [1.82, 2.24) is 21.2 Å². The van der Waals surface area contributed by atoms with Gasteiger partial charge in [-0.1, -0.05) is 127 Å². The van der Waals surface area contributed by atoms with Crippen molar-refractivity contribution in [2.24, 2.45) is 0 Å². The summed E-state index contributed by atoms with van der Waals surface area (Å²) in [6, 6.07) is 28.3. The fourth-order valence-electron chi connectivity index (χ4n) is 3.24. The molecule has 0 unspecified atom stereocenters. The van der Waals surface area contributed by atoms with Crippen molar-refractivity contribution < 1.29 is 34.0 Å². The van der Waals surface area contributed by atoms with Gasteiger partial charge in [0, 0.05) is 38.0 Å². The average Bonchev–Trinajstić information content (AvgIpc) is 3.16. The molecule has 6 N–H and O–H groups in total. The molecule has 10 nitrogen and oxygen atoms in total. The fraction of sp³-hybridized carbons (Fsp3) is 0.486. The molecule has 0 saturated heterocycles. The molecule has 0 bridgehead atoms. The van der Waals surface area contributed by atoms with Crippen molar-refractivity contribution in [3.8, 4) is 0 Å². The highest BCUT2D eigenvalue weighted by Gasteiger charge is 2.21. The van der Waals surface area contributed by atoms with Gasteiger partial charge >= 0.3 is 18.9 Å². The molecular formula is C35H65Cl9FN4O6P3. The third-order valence-corrected chi connectivity index (χ3v) is 9.48. The number of nitrogens with zero attached hydrogens (tertiary/aromatic N) is 1. The first kappa shape index (κ1) is 73.0. The van der Waals surface area contributed by atoms with Crippen molar-refractivity contribution in [1.29, 1.82) is 0 Å². The van der Waals surface area contributed by atoms with Crippen LogP contribution in [0.1, 0.15) is 53.7 Å². The molecule has 0 aliphatic heterocycles. The van der Waals surface area contributed by atoms with Crippen LogP contribution >= 0.6 is 122 Å². The Labute approximate surface area is 393 Å². The second kappa shape index (κ2) is 48.6. The molecule has 0 saturated carbocycles. The summed E-state index contributed by atoms with van der Waals surface area (Å²) in [6.07, 6.45) is -3.39. The largest absolute Gasteiger partial charge is 0.392 e. The van der Waals surface area contributed by atoms with E-state index >= 15 is 0 Å². The van der Waals surface area contributed by atoms with E-state index in [2.05, 4.69) is 69.6 Å². The summed E-state index contributed by atoms with van der Waals surface area (Å²) < 4.78 is 42.7. The molecule has 0 radical (unpaired) electrons. The number of aliphatic hydroxyl groups excluding tert-OH is 1. The molecule has 0 spiro atoms. The normalized spacial score (nSPS) is 10.0. The lowest BCUT2D eigenvalue weighted by Crippen LogP contribution is -2.27. The van der Waals surface area contributed by atoms with Crippen molar-refractivity contribution in [2.45, 2.75) is 55.4 Å². The van der Waals surface area contributed by atoms with E-state index in [0.717, 1.165) is 16.7 Å². The van der Waals surface area contributed by atoms with Crippen molar-refractivity contribution in [3.63, 3.8) is 0 Å². The molecule has 0 aliphatic carbocycles. The first-order valence-electron chi connectivity index (χ1n) is 16.2. The second-order valence-corrected chi connectivity index (χ2v) is 24.1. The third kappa shape index (κ3) is 56.6. The van der Waals surface area contributed by atoms with Gasteiger partial charge in [0.2, 0.25) is 0 Å². The first-order chi connectivity index (χ1) is 25.5. The van der Waals surface area contributed by atoms with E-state index in [1.807, 2.05) is 91.0 Å². The maximum atomic E-state index is 12.3. The Kier molecular flexibility index (Phi) is 61.2. The SMILES string of the molecule is C.C.CCN(CC)CC.ClCCCl.F.N.O=P(Cl)(Cl)Cl.O=P(Cl)(Cl)OCc1ccccc1.O=P(NCCCl)(NCCCl)OCc1ccccc1.OCc1ccccc1.[HH]. The predicted octanol–water partition coefficient (Wildman–Crippen LogP) is 15.4. The molecule has 3 rings (SSSR count). The highest BCUT2D eigenvalue weighted by Crippen LogP contribution is 2.61. The summed E-state index contributed by atoms with van der Waals surface area (Å²) in [7, 11) is -3.09. The van der Waals surface area contributed by atoms with Crippen LogP contribution < -0.4 is 16.3 Å². The zero-order chi connectivity index (χ0) is 41.7. The molecule has 3 aromatic rings. The Morgan fingerprint density at radius 3 is 1.09 bits per heavy atom. The Balaban J connectivity index is -0.0000000931. The van der Waals surface area contributed by atoms with E-state index in [4.69, 9.17) is 83.0 Å². The number of hydrogen-bond donors (Lipinski definition) is 4. The Bertz CT molecular complexity index is 1380. The highest BCUT2D eigenvalue weighted by atomic mass is 36.0. The molecule has 23 heteroatoms. The van der Waals surface area contributed by atoms with Gasteiger partial charge in [-0.15, -0.1) is 46.4 Å². The van der Waals surface area contributed by atoms with Gasteiger partial charge < -0.3 is 25.2 Å². The number of benzene rings is 3. The second-order valence-electron chi connectivity index (χ2n) is 9.72. The highest BCUT2D eigenvalue weighted by molar-refractivity contribution is 8.24. The average molecular weight is 1070 g/mol. The van der Waals surface area contributed by atoms with Crippen LogP contribution in [-0.2, 0) is 42.6 Å². The van der Waals surface area contributed by atoms with Gasteiger partial charge in [0.1, 0.15) is 0 Å². The van der Waals surface area contributed by atoms with Crippen molar-refractivity contribution in [3.05, 3.63) is 108 Å². The van der Waals surface area contributed by atoms with Crippen molar-refractivity contribution in [2.75, 3.05) is 56.2 Å². The Morgan fingerprint density at radius 1 is 0.586 bits per heavy atom. The quantitative estimate of drug-likeness (QED) is 0.0759. The van der Waals surface area contributed by atoms with E-state index in [-0.39, 0.29) is 47.0 Å². The zero-order valence-corrected chi connectivity index (χ0v) is 40.9. The van der Waals surface area contributed by atoms with E-state index in [9.17, 15) is 13.7 Å². The van der Waals surface area contributed by atoms with Crippen molar-refractivity contribution >= 4 is 122 Å². The molecule has 0 amide bonds. The minimum atomic E-state index is -3.39. The zero-order valence-electron chi connectivity index (χ0n) is 31.4. The van der Waals surface area contributed by atoms with Crippen LogP contribution in [0.4, 0.5) is 4.70 Å². The van der Waals surface area contributed by atoms with Gasteiger partial charge in [0.25, 0.3) is 0 Å². The summed E-state index contributed by atoms with van der Waals surface area (Å²) in [5, 5.41) is 10.9. The number of nitrogens with one attached hydrogen (secondary N) is 2. The number of alkyl halides is 4. The maximum absolute atomic E-state index is 12.3. The van der Waals surface area contributed by atoms with Crippen LogP contribution in [0.3, 0.4) is 0 Å². The summed E-state index contributed by atoms with van der Waals surface area (Å²) in [4.78, 5) is 2.38. The van der Waals surface area contributed by atoms with Gasteiger partial charge in [-0.2, -0.15) is 0 Å². The van der Waals surface area contributed by atoms with E-state index in [0.29, 0.717) is 36.6 Å². The molecule has 0 heterocycles. The minimum Gasteiger partial charge on any atom is -0.392 e. The summed E-state index contributed by atoms with van der Waals surface area (Å²) in [6.45, 7) is 11.5. The fourth-order valence-corrected chi connectivity index (χ4v) is 5.73. The summed E-state index contributed by atoms with van der Waals surface area (Å²) in [5.41, 5.74) is 2.81. The van der Waals surface area contributed by atoms with Crippen LogP contribution in [0.25, 0.3) is 0 Å². The monoisotopic (exact) mass is 1060 g/mol. The first-order valence-corrected chi connectivity index (χ1v) is 27.9. The molecular weight excluding hydrogens is 1000 g/mol. The topological polar surface area (TPSA) is 152 Å². The molecule has 58 heavy (non-hydrogen) atoms. The lowest BCUT2D eigenvalue weighted by Gasteiger charge is -2.19. The summed E-state index contributed by atoms with van der Waals surface area (Å²) >= 11 is 45.5. The molecule has 0 aliphatic rings. The third-order valence-electron chi connectivity index (χ3n) is 5.75. The van der Waals surface area contributed by atoms with Gasteiger partial charge in [-0.25, -0.2) is 10.2 Å². The minimum absolute atomic E-state index is 0. The van der Waals surface area contributed by atoms with Crippen LogP contribution in [0.2, 0.25) is 0 Å². The standard InChI is InChI=1S/C11H17Cl2N2O2P.C7H7Cl2O2P.C7H8O.C6H15N.C2H4Cl2.2CH4.Cl3OP.FH.H3N.H2/c12-6-8-14-18(16,15-9-7-13)17-10-11-4-2-1-3-5-11;8-12(9,10)11-6-7-4-2-1-3-5-7;8-6-7-4-2-1-3-5-7;1-4-7(5-2)6-3;3-1-2-4;;;1-5(2,3)4;;;/h1-5H,6-10H2,(H2,14,15,16);1-5H,6H2;1-5,8H,6H2;4-6H2,1-3H3;1-2H2;2*1H4;;1H;1H3;1H. The number of hydrogen-bond acceptors (Lipinski definition) is 8. The maximum Gasteiger partial charge on any atom is 0.380 e. The van der Waals surface area contributed by atoms with Crippen LogP contribution in [0, 0.1) is 0 Å². The lowest BCUT2D eigenvalue weighted by atomic mass is 10.2. The van der Waals surface area contributed by atoms with Gasteiger partial charge in [-0.05, 0) is 92.5 Å². The molecule has 346 valence electrons. The van der Waals surface area contributed by atoms with E-state index in [1.165, 1.54) is 19.6 Å². The number of aliphatic hydroxyl groups is 1. The lowest BCUT2D eigenvalue weighted by molar-refractivity contribution is 0.282. The van der Waals surface area contributed by atoms with Crippen LogP contribution in [0.5, 0.6) is 0 Å². The van der Waals surface area contributed by atoms with Crippen LogP contribution in [0.15, 0.2) is 91.0 Å². The Hall–Kier alpha value is 0.610. The van der Waals surface area contributed by atoms with Crippen LogP contribution in [-0.4, -0.2) is 66.3 Å². The van der Waals surface area contributed by atoms with Gasteiger partial charge in [0.15, 0.2) is 0 Å². The Morgan fingerprint density at radius 2 is 0.879 bits per heavy atom. The molecule has 3 aromatic carbocycles. The smallest absolute Gasteiger partial charge is 0.380 e. The number of halogens is 10. The molecule has 0 aromatic heterocycles. The summed E-state index contributed by atoms with van der Waals surface area (Å²) in [5.74, 6) is 1.84. The number of rotatable bonds is 17. The van der Waals surface area contributed by atoms with Gasteiger partial charge in [0.05, 0.1) is 19.8 Å². The van der Waals surface area contributed by atoms with E-state index < -0.39 is 18.9 Å². The van der Waals surface area contributed by atoms with Gasteiger partial charge in [-0.3, -0.25) is 18.4 Å².